The van der Waals surface area contributed by atoms with Gasteiger partial charge in [0.2, 0.25) is 0 Å². The largest absolute Gasteiger partial charge is 0.313 e. The summed E-state index contributed by atoms with van der Waals surface area (Å²) in [7, 11) is 1.99. The third kappa shape index (κ3) is 3.05. The van der Waals surface area contributed by atoms with Crippen molar-refractivity contribution in [2.75, 3.05) is 7.05 Å². The predicted octanol–water partition coefficient (Wildman–Crippen LogP) is 2.47. The topological polar surface area (TPSA) is 42.7 Å². The van der Waals surface area contributed by atoms with E-state index in [-0.39, 0.29) is 0 Å². The molecule has 1 N–H and O–H groups in total. The van der Waals surface area contributed by atoms with Gasteiger partial charge < -0.3 is 5.32 Å². The highest BCUT2D eigenvalue weighted by Crippen LogP contribution is 2.24. The molecule has 1 atom stereocenters. The normalized spacial score (nSPS) is 12.9. The Morgan fingerprint density at radius 3 is 3.00 bits per heavy atom. The van der Waals surface area contributed by atoms with Crippen LogP contribution in [0.5, 0.6) is 0 Å². The quantitative estimate of drug-likeness (QED) is 0.831. The Labute approximate surface area is 119 Å². The monoisotopic (exact) mass is 362 g/mol. The first-order chi connectivity index (χ1) is 8.24. The maximum atomic E-state index is 4.32. The molecule has 2 rings (SSSR count). The van der Waals surface area contributed by atoms with Crippen LogP contribution in [-0.2, 0) is 13.0 Å². The lowest BCUT2D eigenvalue weighted by atomic mass is 10.1. The fraction of sp³-hybridized carbons (Fsp3) is 0.455. The van der Waals surface area contributed by atoms with E-state index in [2.05, 4.69) is 56.4 Å². The zero-order valence-corrected chi connectivity index (χ0v) is 12.8. The molecule has 0 aromatic carbocycles. The molecule has 0 fully saturated rings. The molecule has 2 heterocycles. The molecule has 0 saturated carbocycles. The Hall–Kier alpha value is -0.470. The van der Waals surface area contributed by atoms with Crippen LogP contribution in [0.25, 0.3) is 0 Å². The van der Waals surface area contributed by atoms with E-state index in [1.165, 1.54) is 8.45 Å². The molecule has 0 radical (unpaired) electrons. The molecule has 0 amide bonds. The molecule has 2 aromatic rings. The van der Waals surface area contributed by atoms with Gasteiger partial charge in [-0.15, -0.1) is 11.3 Å². The predicted molar refractivity (Wildman–Crippen MR) is 78.2 cm³/mol. The number of aryl methyl sites for hydroxylation is 1. The summed E-state index contributed by atoms with van der Waals surface area (Å²) < 4.78 is 3.26. The van der Waals surface area contributed by atoms with Gasteiger partial charge in [-0.2, -0.15) is 5.10 Å². The molecular weight excluding hydrogens is 347 g/mol. The highest BCUT2D eigenvalue weighted by atomic mass is 127. The van der Waals surface area contributed by atoms with Crippen molar-refractivity contribution >= 4 is 33.9 Å². The van der Waals surface area contributed by atoms with Crippen molar-refractivity contribution in [2.45, 2.75) is 25.9 Å². The Morgan fingerprint density at radius 1 is 1.59 bits per heavy atom. The number of halogens is 1. The Bertz CT molecular complexity index is 479. The van der Waals surface area contributed by atoms with E-state index in [4.69, 9.17) is 0 Å². The van der Waals surface area contributed by atoms with Crippen molar-refractivity contribution in [1.29, 1.82) is 0 Å². The molecule has 6 heteroatoms. The molecule has 0 aliphatic carbocycles. The second-order valence-electron chi connectivity index (χ2n) is 3.72. The molecule has 92 valence electrons. The van der Waals surface area contributed by atoms with Gasteiger partial charge in [0.05, 0.1) is 2.88 Å². The summed E-state index contributed by atoms with van der Waals surface area (Å²) in [5.74, 6) is 1.04. The second-order valence-corrected chi connectivity index (χ2v) is 6.53. The zero-order chi connectivity index (χ0) is 12.3. The first-order valence-electron chi connectivity index (χ1n) is 5.52. The fourth-order valence-electron chi connectivity index (χ4n) is 1.79. The lowest BCUT2D eigenvalue weighted by Crippen LogP contribution is -2.20. The first-order valence-corrected chi connectivity index (χ1v) is 7.48. The van der Waals surface area contributed by atoms with Gasteiger partial charge in [-0.05, 0) is 53.6 Å². The maximum Gasteiger partial charge on any atom is 0.138 e. The molecule has 17 heavy (non-hydrogen) atoms. The average molecular weight is 362 g/mol. The van der Waals surface area contributed by atoms with E-state index in [0.29, 0.717) is 6.04 Å². The molecule has 0 aliphatic heterocycles. The minimum atomic E-state index is 0.310. The fourth-order valence-corrected chi connectivity index (χ4v) is 3.21. The van der Waals surface area contributed by atoms with Gasteiger partial charge in [0.25, 0.3) is 0 Å². The lowest BCUT2D eigenvalue weighted by molar-refractivity contribution is 0.534. The first kappa shape index (κ1) is 13.0. The standard InChI is InChI=1S/C11H15IN4S/c1-3-16-11(14-7-15-16)5-9(13-2)8-4-10(12)17-6-8/h4,6-7,9,13H,3,5H2,1-2H3. The summed E-state index contributed by atoms with van der Waals surface area (Å²) in [5.41, 5.74) is 1.33. The lowest BCUT2D eigenvalue weighted by Gasteiger charge is -2.14. The summed E-state index contributed by atoms with van der Waals surface area (Å²) in [6.07, 6.45) is 2.50. The molecule has 0 aliphatic rings. The molecule has 0 bridgehead atoms. The zero-order valence-electron chi connectivity index (χ0n) is 9.85. The smallest absolute Gasteiger partial charge is 0.138 e. The van der Waals surface area contributed by atoms with E-state index in [9.17, 15) is 0 Å². The molecule has 4 nitrogen and oxygen atoms in total. The minimum Gasteiger partial charge on any atom is -0.313 e. The Balaban J connectivity index is 2.15. The summed E-state index contributed by atoms with van der Waals surface area (Å²) in [5, 5.41) is 9.75. The van der Waals surface area contributed by atoms with Crippen LogP contribution >= 0.6 is 33.9 Å². The molecule has 2 aromatic heterocycles. The van der Waals surface area contributed by atoms with E-state index >= 15 is 0 Å². The van der Waals surface area contributed by atoms with Crippen LogP contribution in [0, 0.1) is 2.88 Å². The van der Waals surface area contributed by atoms with Gasteiger partial charge in [-0.1, -0.05) is 0 Å². The number of hydrogen-bond donors (Lipinski definition) is 1. The highest BCUT2D eigenvalue weighted by Gasteiger charge is 2.15. The van der Waals surface area contributed by atoms with Gasteiger partial charge in [-0.3, -0.25) is 4.68 Å². The maximum absolute atomic E-state index is 4.32. The molecular formula is C11H15IN4S. The minimum absolute atomic E-state index is 0.310. The average Bonchev–Trinajstić information content (AvgIpc) is 2.94. The summed E-state index contributed by atoms with van der Waals surface area (Å²) >= 11 is 4.13. The van der Waals surface area contributed by atoms with E-state index in [1.807, 2.05) is 11.7 Å². The van der Waals surface area contributed by atoms with Gasteiger partial charge in [-0.25, -0.2) is 4.98 Å². The second kappa shape index (κ2) is 5.92. The van der Waals surface area contributed by atoms with Gasteiger partial charge in [0, 0.05) is 19.0 Å². The van der Waals surface area contributed by atoms with E-state index < -0.39 is 0 Å². The number of nitrogens with one attached hydrogen (secondary N) is 1. The summed E-state index contributed by atoms with van der Waals surface area (Å²) in [6.45, 7) is 2.95. The van der Waals surface area contributed by atoms with Crippen LogP contribution in [0.3, 0.4) is 0 Å². The van der Waals surface area contributed by atoms with Crippen LogP contribution in [0.1, 0.15) is 24.4 Å². The Morgan fingerprint density at radius 2 is 2.41 bits per heavy atom. The van der Waals surface area contributed by atoms with Gasteiger partial charge in [0.1, 0.15) is 12.2 Å². The van der Waals surface area contributed by atoms with Gasteiger partial charge in [0.15, 0.2) is 0 Å². The number of hydrogen-bond acceptors (Lipinski definition) is 4. The highest BCUT2D eigenvalue weighted by molar-refractivity contribution is 14.1. The molecule has 0 spiro atoms. The van der Waals surface area contributed by atoms with Gasteiger partial charge >= 0.3 is 0 Å². The van der Waals surface area contributed by atoms with Crippen molar-refractivity contribution in [3.8, 4) is 0 Å². The summed E-state index contributed by atoms with van der Waals surface area (Å²) in [6, 6.07) is 2.53. The molecule has 0 saturated heterocycles. The van der Waals surface area contributed by atoms with Crippen LogP contribution in [0.2, 0.25) is 0 Å². The van der Waals surface area contributed by atoms with E-state index in [1.54, 1.807) is 17.7 Å². The number of nitrogens with zero attached hydrogens (tertiary/aromatic N) is 3. The molecule has 1 unspecified atom stereocenters. The number of likely N-dealkylation sites (N-methyl/N-ethyl adjacent to an activating group) is 1. The van der Waals surface area contributed by atoms with E-state index in [0.717, 1.165) is 18.8 Å². The third-order valence-corrected chi connectivity index (χ3v) is 4.53. The summed E-state index contributed by atoms with van der Waals surface area (Å²) in [4.78, 5) is 4.32. The Kier molecular flexibility index (Phi) is 4.52. The number of aromatic nitrogens is 3. The third-order valence-electron chi connectivity index (χ3n) is 2.72. The number of thiophene rings is 1. The van der Waals surface area contributed by atoms with Crippen molar-refractivity contribution in [3.63, 3.8) is 0 Å². The van der Waals surface area contributed by atoms with Crippen molar-refractivity contribution in [3.05, 3.63) is 32.0 Å². The number of rotatable bonds is 5. The van der Waals surface area contributed by atoms with Crippen LogP contribution in [-0.4, -0.2) is 21.8 Å². The van der Waals surface area contributed by atoms with Crippen LogP contribution in [0.15, 0.2) is 17.8 Å². The van der Waals surface area contributed by atoms with Crippen molar-refractivity contribution in [1.82, 2.24) is 20.1 Å². The van der Waals surface area contributed by atoms with Crippen LogP contribution < -0.4 is 5.32 Å². The van der Waals surface area contributed by atoms with Crippen LogP contribution in [0.4, 0.5) is 0 Å². The van der Waals surface area contributed by atoms with Crippen molar-refractivity contribution < 1.29 is 0 Å². The SMILES string of the molecule is CCn1ncnc1CC(NC)c1csc(I)c1. The van der Waals surface area contributed by atoms with Crippen molar-refractivity contribution in [2.24, 2.45) is 0 Å².